The van der Waals surface area contributed by atoms with Crippen LogP contribution in [0.2, 0.25) is 0 Å². The second-order valence-electron chi connectivity index (χ2n) is 5.45. The second-order valence-corrected chi connectivity index (χ2v) is 7.76. The minimum atomic E-state index is -2.73. The Labute approximate surface area is 104 Å². The van der Waals surface area contributed by atoms with Crippen LogP contribution in [0.15, 0.2) is 0 Å². The number of sulfone groups is 1. The number of likely N-dealkylation sites (tertiary alicyclic amines) is 1. The molecule has 2 aliphatic rings. The fraction of sp³-hybridized carbons (Fsp3) is 1.00. The molecule has 0 amide bonds. The van der Waals surface area contributed by atoms with E-state index in [1.807, 2.05) is 0 Å². The molecule has 1 atom stereocenters. The molecule has 2 fully saturated rings. The number of nitrogens with zero attached hydrogens (tertiary/aromatic N) is 1. The third-order valence-electron chi connectivity index (χ3n) is 4.26. The molecule has 0 aromatic rings. The van der Waals surface area contributed by atoms with Crippen molar-refractivity contribution in [2.75, 3.05) is 31.1 Å². The first-order chi connectivity index (χ1) is 8.11. The van der Waals surface area contributed by atoms with Crippen LogP contribution >= 0.6 is 0 Å². The van der Waals surface area contributed by atoms with Crippen molar-refractivity contribution >= 4 is 9.84 Å². The lowest BCUT2D eigenvalue weighted by molar-refractivity contribution is 0.188. The van der Waals surface area contributed by atoms with E-state index in [0.29, 0.717) is 23.5 Å². The van der Waals surface area contributed by atoms with E-state index in [0.717, 1.165) is 32.5 Å². The van der Waals surface area contributed by atoms with Gasteiger partial charge in [-0.3, -0.25) is 0 Å². The van der Waals surface area contributed by atoms with Gasteiger partial charge in [0.05, 0.1) is 11.5 Å². The van der Waals surface area contributed by atoms with Gasteiger partial charge in [-0.25, -0.2) is 8.42 Å². The van der Waals surface area contributed by atoms with Gasteiger partial charge in [0, 0.05) is 6.04 Å². The van der Waals surface area contributed by atoms with E-state index < -0.39 is 9.84 Å². The molecule has 2 heterocycles. The van der Waals surface area contributed by atoms with E-state index in [-0.39, 0.29) is 0 Å². The summed E-state index contributed by atoms with van der Waals surface area (Å²) in [6, 6.07) is 0.495. The lowest BCUT2D eigenvalue weighted by Gasteiger charge is -2.33. The molecule has 4 nitrogen and oxygen atoms in total. The van der Waals surface area contributed by atoms with Gasteiger partial charge in [-0.2, -0.15) is 0 Å². The molecule has 2 rings (SSSR count). The Morgan fingerprint density at radius 2 is 1.76 bits per heavy atom. The zero-order chi connectivity index (χ0) is 12.3. The van der Waals surface area contributed by atoms with Gasteiger partial charge in [0.2, 0.25) is 0 Å². The summed E-state index contributed by atoms with van der Waals surface area (Å²) in [6.45, 7) is 3.03. The molecular weight excluding hydrogens is 236 g/mol. The van der Waals surface area contributed by atoms with Crippen molar-refractivity contribution in [2.24, 2.45) is 11.7 Å². The molecule has 17 heavy (non-hydrogen) atoms. The normalized spacial score (nSPS) is 32.2. The quantitative estimate of drug-likeness (QED) is 0.791. The van der Waals surface area contributed by atoms with Crippen LogP contribution in [0.5, 0.6) is 0 Å². The third-order valence-corrected chi connectivity index (χ3v) is 5.97. The van der Waals surface area contributed by atoms with Gasteiger partial charge in [-0.05, 0) is 57.7 Å². The van der Waals surface area contributed by atoms with Crippen LogP contribution in [0.3, 0.4) is 0 Å². The minimum absolute atomic E-state index is 0.383. The summed E-state index contributed by atoms with van der Waals surface area (Å²) >= 11 is 0. The zero-order valence-electron chi connectivity index (χ0n) is 10.5. The molecule has 2 saturated heterocycles. The predicted molar refractivity (Wildman–Crippen MR) is 69.6 cm³/mol. The highest BCUT2D eigenvalue weighted by Gasteiger charge is 2.29. The maximum absolute atomic E-state index is 11.4. The van der Waals surface area contributed by atoms with Gasteiger partial charge in [-0.15, -0.1) is 0 Å². The molecule has 5 heteroatoms. The summed E-state index contributed by atoms with van der Waals surface area (Å²) in [5.74, 6) is 1.44. The van der Waals surface area contributed by atoms with Crippen LogP contribution in [0.4, 0.5) is 0 Å². The van der Waals surface area contributed by atoms with Gasteiger partial charge in [0.25, 0.3) is 0 Å². The second kappa shape index (κ2) is 5.67. The Kier molecular flexibility index (Phi) is 4.44. The molecule has 2 aliphatic heterocycles. The van der Waals surface area contributed by atoms with Crippen molar-refractivity contribution in [2.45, 2.75) is 38.1 Å². The maximum Gasteiger partial charge on any atom is 0.150 e. The summed E-state index contributed by atoms with van der Waals surface area (Å²) in [5, 5.41) is 0. The van der Waals surface area contributed by atoms with Crippen LogP contribution in [0.1, 0.15) is 32.1 Å². The smallest absolute Gasteiger partial charge is 0.150 e. The largest absolute Gasteiger partial charge is 0.330 e. The third kappa shape index (κ3) is 3.66. The zero-order valence-corrected chi connectivity index (χ0v) is 11.3. The van der Waals surface area contributed by atoms with Crippen molar-refractivity contribution < 1.29 is 8.42 Å². The van der Waals surface area contributed by atoms with Crippen molar-refractivity contribution in [1.82, 2.24) is 4.90 Å². The Morgan fingerprint density at radius 3 is 2.41 bits per heavy atom. The van der Waals surface area contributed by atoms with E-state index in [2.05, 4.69) is 4.90 Å². The van der Waals surface area contributed by atoms with Crippen molar-refractivity contribution in [1.29, 1.82) is 0 Å². The van der Waals surface area contributed by atoms with Crippen molar-refractivity contribution in [3.63, 3.8) is 0 Å². The summed E-state index contributed by atoms with van der Waals surface area (Å²) in [4.78, 5) is 2.50. The van der Waals surface area contributed by atoms with Gasteiger partial charge in [0.15, 0.2) is 0 Å². The molecule has 0 spiro atoms. The van der Waals surface area contributed by atoms with Gasteiger partial charge >= 0.3 is 0 Å². The van der Waals surface area contributed by atoms with E-state index in [4.69, 9.17) is 5.73 Å². The average molecular weight is 260 g/mol. The highest BCUT2D eigenvalue weighted by atomic mass is 32.2. The van der Waals surface area contributed by atoms with Crippen LogP contribution < -0.4 is 5.73 Å². The van der Waals surface area contributed by atoms with E-state index >= 15 is 0 Å². The maximum atomic E-state index is 11.4. The first kappa shape index (κ1) is 13.3. The summed E-state index contributed by atoms with van der Waals surface area (Å²) in [7, 11) is -2.73. The lowest BCUT2D eigenvalue weighted by atomic mass is 10.0. The summed E-state index contributed by atoms with van der Waals surface area (Å²) in [5.41, 5.74) is 5.73. The Balaban J connectivity index is 1.86. The number of nitrogens with two attached hydrogens (primary N) is 1. The molecule has 0 aromatic heterocycles. The molecular formula is C12H24N2O2S. The van der Waals surface area contributed by atoms with Crippen LogP contribution in [-0.2, 0) is 9.84 Å². The molecule has 0 bridgehead atoms. The van der Waals surface area contributed by atoms with E-state index in [1.54, 1.807) is 0 Å². The monoisotopic (exact) mass is 260 g/mol. The lowest BCUT2D eigenvalue weighted by Crippen LogP contribution is -2.41. The van der Waals surface area contributed by atoms with E-state index in [9.17, 15) is 8.42 Å². The molecule has 0 aliphatic carbocycles. The van der Waals surface area contributed by atoms with Gasteiger partial charge in [0.1, 0.15) is 9.84 Å². The Morgan fingerprint density at radius 1 is 1.06 bits per heavy atom. The molecule has 2 N–H and O–H groups in total. The highest BCUT2D eigenvalue weighted by Crippen LogP contribution is 2.23. The highest BCUT2D eigenvalue weighted by molar-refractivity contribution is 7.91. The van der Waals surface area contributed by atoms with Crippen LogP contribution in [0.25, 0.3) is 0 Å². The topological polar surface area (TPSA) is 63.4 Å². The van der Waals surface area contributed by atoms with Crippen LogP contribution in [0, 0.1) is 5.92 Å². The first-order valence-electron chi connectivity index (χ1n) is 6.75. The minimum Gasteiger partial charge on any atom is -0.330 e. The number of hydrogen-bond donors (Lipinski definition) is 1. The average Bonchev–Trinajstić information content (AvgIpc) is 2.54. The molecule has 0 saturated carbocycles. The Bertz CT molecular complexity index is 328. The molecule has 1 unspecified atom stereocenters. The van der Waals surface area contributed by atoms with E-state index in [1.165, 1.54) is 19.3 Å². The van der Waals surface area contributed by atoms with Gasteiger partial charge in [-0.1, -0.05) is 0 Å². The fourth-order valence-corrected chi connectivity index (χ4v) is 4.50. The predicted octanol–water partition coefficient (Wildman–Crippen LogP) is 0.624. The number of rotatable bonds is 2. The molecule has 0 aromatic carbocycles. The summed E-state index contributed by atoms with van der Waals surface area (Å²) < 4.78 is 22.8. The number of hydrogen-bond acceptors (Lipinski definition) is 4. The van der Waals surface area contributed by atoms with Crippen molar-refractivity contribution in [3.8, 4) is 0 Å². The standard InChI is InChI=1S/C12H24N2O2S/c13-10-11-2-1-6-14(7-3-11)12-4-8-17(15,16)9-5-12/h11-12H,1-10,13H2. The molecule has 100 valence electrons. The van der Waals surface area contributed by atoms with Crippen molar-refractivity contribution in [3.05, 3.63) is 0 Å². The Hall–Kier alpha value is -0.130. The summed E-state index contributed by atoms with van der Waals surface area (Å²) in [6.07, 6.45) is 5.29. The van der Waals surface area contributed by atoms with Crippen LogP contribution in [-0.4, -0.2) is 50.5 Å². The molecule has 0 radical (unpaired) electrons. The first-order valence-corrected chi connectivity index (χ1v) is 8.57. The fourth-order valence-electron chi connectivity index (χ4n) is 3.03. The van der Waals surface area contributed by atoms with Gasteiger partial charge < -0.3 is 10.6 Å². The SMILES string of the molecule is NCC1CCCN(C2CCS(=O)(=O)CC2)CC1.